The van der Waals surface area contributed by atoms with Crippen LogP contribution >= 0.6 is 11.8 Å². The van der Waals surface area contributed by atoms with Crippen LogP contribution in [0.5, 0.6) is 5.75 Å². The molecule has 2 saturated heterocycles. The Morgan fingerprint density at radius 3 is 2.16 bits per heavy atom. The van der Waals surface area contributed by atoms with Gasteiger partial charge in [0.2, 0.25) is 11.8 Å². The number of alkyl halides is 3. The molecule has 0 saturated carbocycles. The Bertz CT molecular complexity index is 2740. The first-order valence-corrected chi connectivity index (χ1v) is 25.4. The van der Waals surface area contributed by atoms with Crippen molar-refractivity contribution in [1.82, 2.24) is 24.7 Å². The van der Waals surface area contributed by atoms with Gasteiger partial charge in [-0.2, -0.15) is 13.2 Å². The first-order valence-electron chi connectivity index (χ1n) is 21.4. The van der Waals surface area contributed by atoms with Crippen LogP contribution in [0.1, 0.15) is 50.3 Å². The van der Waals surface area contributed by atoms with Crippen LogP contribution in [0.4, 0.5) is 18.9 Å². The van der Waals surface area contributed by atoms with Gasteiger partial charge in [-0.05, 0) is 67.4 Å². The minimum absolute atomic E-state index is 0.00276. The number of thioether (sulfide) groups is 1. The van der Waals surface area contributed by atoms with Gasteiger partial charge < -0.3 is 19.7 Å². The Morgan fingerprint density at radius 2 is 1.49 bits per heavy atom. The number of sulfone groups is 1. The highest BCUT2D eigenvalue weighted by Crippen LogP contribution is 2.37. The van der Waals surface area contributed by atoms with Gasteiger partial charge >= 0.3 is 5.51 Å². The van der Waals surface area contributed by atoms with E-state index in [1.807, 2.05) is 30.3 Å². The summed E-state index contributed by atoms with van der Waals surface area (Å²) in [6, 6.07) is 21.7. The molecule has 0 radical (unpaired) electrons. The summed E-state index contributed by atoms with van der Waals surface area (Å²) in [5.41, 5.74) is -6.11. The van der Waals surface area contributed by atoms with Gasteiger partial charge in [0.05, 0.1) is 34.9 Å². The fourth-order valence-electron chi connectivity index (χ4n) is 7.78. The summed E-state index contributed by atoms with van der Waals surface area (Å²) in [4.78, 5) is 67.1. The number of ether oxygens (including phenoxy) is 2. The highest BCUT2D eigenvalue weighted by atomic mass is 32.2. The van der Waals surface area contributed by atoms with Gasteiger partial charge in [0.15, 0.2) is 0 Å². The molecule has 5 amide bonds. The van der Waals surface area contributed by atoms with Crippen molar-refractivity contribution >= 4 is 66.8 Å². The lowest BCUT2D eigenvalue weighted by atomic mass is 10.0. The standard InChI is InChI=1S/C45H47F3N6O11S3/c46-45(47,48)67(60,61)38-28-33(68(62,63)51-41(56)30-8-3-1-4-9-30)14-15-35(38)49-31(29-66-32-10-5-2-6-11-32)18-19-52-20-22-53(23-21-52)24-25-64-26-27-65-37-13-7-12-34-40(37)44(59)54(43(34)58)36-16-17-39(55)50-42(36)57/h1-15,28,31,36,49H,16-27,29H2,(H,51,56)(H,50,55,57)/t31-,36-/m1/s1. The summed E-state index contributed by atoms with van der Waals surface area (Å²) in [5.74, 6) is -3.06. The number of nitrogens with one attached hydrogen (secondary N) is 3. The predicted molar refractivity (Wildman–Crippen MR) is 242 cm³/mol. The predicted octanol–water partition coefficient (Wildman–Crippen LogP) is 4.18. The molecule has 4 aromatic carbocycles. The molecule has 7 rings (SSSR count). The van der Waals surface area contributed by atoms with Crippen molar-refractivity contribution in [1.29, 1.82) is 0 Å². The van der Waals surface area contributed by atoms with Gasteiger partial charge in [0.25, 0.3) is 37.6 Å². The number of rotatable bonds is 20. The first kappa shape index (κ1) is 50.0. The van der Waals surface area contributed by atoms with Gasteiger partial charge in [0.1, 0.15) is 23.3 Å². The maximum absolute atomic E-state index is 14.1. The second kappa shape index (κ2) is 21.6. The molecule has 3 heterocycles. The first-order chi connectivity index (χ1) is 32.4. The highest BCUT2D eigenvalue weighted by Gasteiger charge is 2.49. The summed E-state index contributed by atoms with van der Waals surface area (Å²) in [6.45, 7) is 4.36. The molecule has 68 heavy (non-hydrogen) atoms. The number of halogens is 3. The van der Waals surface area contributed by atoms with Gasteiger partial charge in [-0.25, -0.2) is 21.6 Å². The minimum atomic E-state index is -6.09. The van der Waals surface area contributed by atoms with E-state index in [9.17, 15) is 54.0 Å². The summed E-state index contributed by atoms with van der Waals surface area (Å²) in [6.07, 6.45) is 0.412. The Morgan fingerprint density at radius 1 is 0.809 bits per heavy atom. The number of imide groups is 2. The number of piperidine rings is 1. The molecule has 0 spiro atoms. The lowest BCUT2D eigenvalue weighted by Gasteiger charge is -2.35. The molecular formula is C45H47F3N6O11S3. The second-order valence-electron chi connectivity index (χ2n) is 15.9. The molecule has 0 aliphatic carbocycles. The topological polar surface area (TPSA) is 218 Å². The number of piperazine rings is 1. The zero-order chi connectivity index (χ0) is 48.6. The van der Waals surface area contributed by atoms with Crippen LogP contribution in [0.15, 0.2) is 112 Å². The van der Waals surface area contributed by atoms with Crippen molar-refractivity contribution in [3.63, 3.8) is 0 Å². The maximum atomic E-state index is 14.1. The van der Waals surface area contributed by atoms with Crippen LogP contribution in [-0.2, 0) is 34.2 Å². The maximum Gasteiger partial charge on any atom is 0.501 e. The lowest BCUT2D eigenvalue weighted by Crippen LogP contribution is -2.54. The van der Waals surface area contributed by atoms with Crippen molar-refractivity contribution in [2.45, 2.75) is 51.5 Å². The molecule has 2 atom stereocenters. The zero-order valence-electron chi connectivity index (χ0n) is 36.3. The number of hydrogen-bond donors (Lipinski definition) is 3. The smallest absolute Gasteiger partial charge is 0.490 e. The fourth-order valence-corrected chi connectivity index (χ4v) is 10.8. The zero-order valence-corrected chi connectivity index (χ0v) is 38.7. The number of nitrogens with zero attached hydrogens (tertiary/aromatic N) is 3. The van der Waals surface area contributed by atoms with Crippen LogP contribution in [-0.4, -0.2) is 144 Å². The lowest BCUT2D eigenvalue weighted by molar-refractivity contribution is -0.136. The van der Waals surface area contributed by atoms with E-state index < -0.39 is 82.5 Å². The average Bonchev–Trinajstić information content (AvgIpc) is 3.57. The quantitative estimate of drug-likeness (QED) is 0.0643. The molecule has 4 aromatic rings. The van der Waals surface area contributed by atoms with Crippen molar-refractivity contribution in [3.8, 4) is 5.75 Å². The van der Waals surface area contributed by atoms with Gasteiger partial charge in [-0.3, -0.25) is 39.1 Å². The number of benzene rings is 4. The molecule has 3 N–H and O–H groups in total. The highest BCUT2D eigenvalue weighted by molar-refractivity contribution is 7.99. The number of amides is 5. The monoisotopic (exact) mass is 1000 g/mol. The van der Waals surface area contributed by atoms with E-state index in [4.69, 9.17) is 9.47 Å². The molecule has 0 aromatic heterocycles. The molecule has 17 nitrogen and oxygen atoms in total. The molecular weight excluding hydrogens is 954 g/mol. The summed E-state index contributed by atoms with van der Waals surface area (Å²) >= 11 is 1.41. The molecule has 2 fully saturated rings. The van der Waals surface area contributed by atoms with Crippen LogP contribution < -0.4 is 20.1 Å². The molecule has 3 aliphatic heterocycles. The molecule has 3 aliphatic rings. The number of fused-ring (bicyclic) bond motifs is 1. The van der Waals surface area contributed by atoms with E-state index >= 15 is 0 Å². The number of sulfonamides is 1. The van der Waals surface area contributed by atoms with Crippen molar-refractivity contribution in [3.05, 3.63) is 114 Å². The summed E-state index contributed by atoms with van der Waals surface area (Å²) < 4.78 is 108. The van der Waals surface area contributed by atoms with Crippen molar-refractivity contribution in [2.24, 2.45) is 0 Å². The van der Waals surface area contributed by atoms with Crippen molar-refractivity contribution < 1.29 is 63.5 Å². The van der Waals surface area contributed by atoms with Crippen LogP contribution in [0.3, 0.4) is 0 Å². The van der Waals surface area contributed by atoms with Crippen LogP contribution in [0.2, 0.25) is 0 Å². The number of anilines is 1. The largest absolute Gasteiger partial charge is 0.501 e. The Labute approximate surface area is 394 Å². The van der Waals surface area contributed by atoms with E-state index in [2.05, 4.69) is 20.4 Å². The van der Waals surface area contributed by atoms with E-state index in [1.54, 1.807) is 22.9 Å². The fraction of sp³-hybridized carbons (Fsp3) is 0.356. The van der Waals surface area contributed by atoms with E-state index in [0.29, 0.717) is 64.1 Å². The van der Waals surface area contributed by atoms with Crippen LogP contribution in [0, 0.1) is 0 Å². The van der Waals surface area contributed by atoms with Gasteiger partial charge in [-0.1, -0.05) is 42.5 Å². The molecule has 0 bridgehead atoms. The Balaban J connectivity index is 0.918. The Hall–Kier alpha value is -5.85. The third-order valence-corrected chi connectivity index (χ3v) is 15.4. The summed E-state index contributed by atoms with van der Waals surface area (Å²) in [5, 5.41) is 5.14. The van der Waals surface area contributed by atoms with E-state index in [0.717, 1.165) is 21.9 Å². The molecule has 0 unspecified atom stereocenters. The van der Waals surface area contributed by atoms with Gasteiger partial charge in [0, 0.05) is 67.9 Å². The minimum Gasteiger partial charge on any atom is -0.490 e. The number of carbonyl (C=O) groups excluding carboxylic acids is 5. The molecule has 23 heteroatoms. The normalized spacial score (nSPS) is 17.7. The number of hydrogen-bond acceptors (Lipinski definition) is 15. The van der Waals surface area contributed by atoms with E-state index in [1.165, 1.54) is 42.1 Å². The van der Waals surface area contributed by atoms with Crippen molar-refractivity contribution in [2.75, 3.05) is 70.2 Å². The number of carbonyl (C=O) groups is 5. The summed E-state index contributed by atoms with van der Waals surface area (Å²) in [7, 11) is -10.9. The third kappa shape index (κ3) is 11.9. The SMILES string of the molecule is O=C1CC[C@@H](N2C(=O)c3cccc(OCCOCCN4CCN(CC[C@H](CSc5ccccc5)Nc5ccc(S(=O)(=O)NC(=O)c6ccccc6)cc5S(=O)(=O)C(F)(F)F)CC4)c3C2=O)C(=O)N1. The second-order valence-corrected chi connectivity index (χ2v) is 20.6. The van der Waals surface area contributed by atoms with Gasteiger partial charge in [-0.15, -0.1) is 11.8 Å². The average molecular weight is 1000 g/mol. The Kier molecular flexibility index (Phi) is 15.9. The van der Waals surface area contributed by atoms with Crippen LogP contribution in [0.25, 0.3) is 0 Å². The van der Waals surface area contributed by atoms with E-state index in [-0.39, 0.29) is 48.5 Å². The molecule has 362 valence electrons. The third-order valence-electron chi connectivity index (χ3n) is 11.4.